The van der Waals surface area contributed by atoms with E-state index in [1.807, 2.05) is 47.8 Å². The van der Waals surface area contributed by atoms with Crippen molar-refractivity contribution < 1.29 is 9.30 Å². The number of benzene rings is 2. The van der Waals surface area contributed by atoms with Crippen LogP contribution in [0.15, 0.2) is 60.9 Å². The average Bonchev–Trinajstić information content (AvgIpc) is 2.90. The summed E-state index contributed by atoms with van der Waals surface area (Å²) in [5, 5.41) is 0. The molecule has 0 radical (unpaired) electrons. The first-order chi connectivity index (χ1) is 11.8. The number of nitrogens with two attached hydrogens (primary N) is 4. The molecule has 134 valence electrons. The van der Waals surface area contributed by atoms with Gasteiger partial charge in [-0.2, -0.15) is 0 Å². The van der Waals surface area contributed by atoms with Gasteiger partial charge in [0.15, 0.2) is 0 Å². The molecule has 0 saturated carbocycles. The molecule has 0 atom stereocenters. The van der Waals surface area contributed by atoms with Crippen LogP contribution in [0.3, 0.4) is 0 Å². The molecule has 0 amide bonds. The van der Waals surface area contributed by atoms with E-state index in [9.17, 15) is 0 Å². The molecule has 8 N–H and O–H groups in total. The van der Waals surface area contributed by atoms with Gasteiger partial charge in [-0.1, -0.05) is 0 Å². The molecule has 7 heteroatoms. The topological polar surface area (TPSA) is 122 Å². The third-order valence-corrected chi connectivity index (χ3v) is 3.29. The Labute approximate surface area is 148 Å². The Balaban J connectivity index is 0.000000188. The second-order valence-electron chi connectivity index (χ2n) is 5.32. The molecule has 2 aromatic carbocycles. The van der Waals surface area contributed by atoms with Gasteiger partial charge < -0.3 is 21.9 Å². The second-order valence-corrected chi connectivity index (χ2v) is 5.32. The summed E-state index contributed by atoms with van der Waals surface area (Å²) in [6.45, 7) is 0. The Hall–Kier alpha value is -3.35. The average molecular weight is 343 g/mol. The first-order valence-corrected chi connectivity index (χ1v) is 7.60. The SMILES string of the molecule is COc1ccc(N)cc1.Cn1cc[n+](C)c1N.Nc1ccc(N)cc1. The largest absolute Gasteiger partial charge is 0.497 e. The maximum absolute atomic E-state index is 5.53. The van der Waals surface area contributed by atoms with Crippen LogP contribution in [-0.4, -0.2) is 11.7 Å². The van der Waals surface area contributed by atoms with Crippen LogP contribution in [-0.2, 0) is 14.1 Å². The predicted octanol–water partition coefficient (Wildman–Crippen LogP) is 1.56. The lowest BCUT2D eigenvalue weighted by atomic mass is 10.3. The van der Waals surface area contributed by atoms with Crippen LogP contribution in [0.25, 0.3) is 0 Å². The molecule has 0 aliphatic heterocycles. The number of hydrogen-bond acceptors (Lipinski definition) is 5. The van der Waals surface area contributed by atoms with E-state index < -0.39 is 0 Å². The van der Waals surface area contributed by atoms with Crippen LogP contribution >= 0.6 is 0 Å². The Morgan fingerprint density at radius 2 is 1.20 bits per heavy atom. The summed E-state index contributed by atoms with van der Waals surface area (Å²) in [6.07, 6.45) is 3.82. The van der Waals surface area contributed by atoms with Gasteiger partial charge in [0.05, 0.1) is 33.6 Å². The number of rotatable bonds is 1. The third kappa shape index (κ3) is 7.17. The van der Waals surface area contributed by atoms with E-state index in [-0.39, 0.29) is 0 Å². The lowest BCUT2D eigenvalue weighted by Crippen LogP contribution is -2.29. The fourth-order valence-electron chi connectivity index (χ4n) is 1.70. The van der Waals surface area contributed by atoms with Crippen molar-refractivity contribution in [3.63, 3.8) is 0 Å². The molecular formula is C18H27N6O+. The van der Waals surface area contributed by atoms with Crippen molar-refractivity contribution in [2.24, 2.45) is 14.1 Å². The highest BCUT2D eigenvalue weighted by molar-refractivity contribution is 5.47. The quantitative estimate of drug-likeness (QED) is 0.394. The molecule has 1 aromatic heterocycles. The van der Waals surface area contributed by atoms with Gasteiger partial charge in [-0.05, 0) is 48.5 Å². The summed E-state index contributed by atoms with van der Waals surface area (Å²) in [6, 6.07) is 14.4. The first-order valence-electron chi connectivity index (χ1n) is 7.60. The van der Waals surface area contributed by atoms with Crippen molar-refractivity contribution in [2.75, 3.05) is 30.0 Å². The van der Waals surface area contributed by atoms with E-state index in [4.69, 9.17) is 27.7 Å². The van der Waals surface area contributed by atoms with Crippen LogP contribution in [0.5, 0.6) is 5.75 Å². The molecule has 1 heterocycles. The molecule has 0 saturated heterocycles. The fraction of sp³-hybridized carbons (Fsp3) is 0.167. The zero-order valence-electron chi connectivity index (χ0n) is 14.9. The number of hydrogen-bond donors (Lipinski definition) is 4. The number of methoxy groups -OCH3 is 1. The molecule has 0 unspecified atom stereocenters. The summed E-state index contributed by atoms with van der Waals surface area (Å²) in [5.74, 6) is 1.61. The normalized spacial score (nSPS) is 9.24. The zero-order chi connectivity index (χ0) is 18.8. The van der Waals surface area contributed by atoms with E-state index in [1.54, 1.807) is 43.5 Å². The van der Waals surface area contributed by atoms with Gasteiger partial charge in [0.25, 0.3) is 0 Å². The number of ether oxygens (including phenoxy) is 1. The van der Waals surface area contributed by atoms with Gasteiger partial charge in [0.2, 0.25) is 0 Å². The molecule has 3 aromatic rings. The summed E-state index contributed by atoms with van der Waals surface area (Å²) >= 11 is 0. The Kier molecular flexibility index (Phi) is 7.65. The smallest absolute Gasteiger partial charge is 0.354 e. The monoisotopic (exact) mass is 343 g/mol. The zero-order valence-corrected chi connectivity index (χ0v) is 14.9. The highest BCUT2D eigenvalue weighted by Crippen LogP contribution is 2.11. The second kappa shape index (κ2) is 9.71. The van der Waals surface area contributed by atoms with Crippen LogP contribution in [0.1, 0.15) is 0 Å². The number of aromatic nitrogens is 2. The summed E-state index contributed by atoms with van der Waals surface area (Å²) in [4.78, 5) is 0. The van der Waals surface area contributed by atoms with Crippen molar-refractivity contribution in [3.8, 4) is 5.75 Å². The van der Waals surface area contributed by atoms with E-state index >= 15 is 0 Å². The number of imidazole rings is 1. The molecule has 0 aliphatic carbocycles. The van der Waals surface area contributed by atoms with Gasteiger partial charge >= 0.3 is 5.95 Å². The minimum Gasteiger partial charge on any atom is -0.497 e. The maximum atomic E-state index is 5.53. The predicted molar refractivity (Wildman–Crippen MR) is 104 cm³/mol. The van der Waals surface area contributed by atoms with Gasteiger partial charge in [0, 0.05) is 17.1 Å². The van der Waals surface area contributed by atoms with Crippen LogP contribution in [0.4, 0.5) is 23.0 Å². The number of anilines is 4. The molecule has 0 aliphatic rings. The Morgan fingerprint density at radius 3 is 1.44 bits per heavy atom. The van der Waals surface area contributed by atoms with Crippen molar-refractivity contribution in [1.82, 2.24) is 4.57 Å². The highest BCUT2D eigenvalue weighted by atomic mass is 16.5. The number of nitrogens with zero attached hydrogens (tertiary/aromatic N) is 2. The first kappa shape index (κ1) is 19.7. The van der Waals surface area contributed by atoms with Crippen LogP contribution in [0, 0.1) is 0 Å². The molecule has 0 fully saturated rings. The summed E-state index contributed by atoms with van der Waals surface area (Å²) in [7, 11) is 5.45. The van der Waals surface area contributed by atoms with Crippen molar-refractivity contribution in [2.45, 2.75) is 0 Å². The van der Waals surface area contributed by atoms with Gasteiger partial charge in [-0.25, -0.2) is 9.13 Å². The van der Waals surface area contributed by atoms with E-state index in [2.05, 4.69) is 0 Å². The van der Waals surface area contributed by atoms with Gasteiger partial charge in [0.1, 0.15) is 5.75 Å². The van der Waals surface area contributed by atoms with Crippen molar-refractivity contribution in [3.05, 3.63) is 60.9 Å². The molecule has 7 nitrogen and oxygen atoms in total. The maximum Gasteiger partial charge on any atom is 0.354 e. The lowest BCUT2D eigenvalue weighted by Gasteiger charge is -1.97. The molecular weight excluding hydrogens is 316 g/mol. The fourth-order valence-corrected chi connectivity index (χ4v) is 1.70. The molecule has 0 bridgehead atoms. The standard InChI is InChI=1S/C7H9NO.C6H8N2.C5H9N3/c1-9-7-4-2-6(8)3-5-7;7-5-1-2-6(8)4-3-5;1-7-3-4-8(2)5(7)6/h2-5H,8H2,1H3;1-4H,7-8H2;3-4,6H,1-2H3/p+1. The lowest BCUT2D eigenvalue weighted by molar-refractivity contribution is -0.655. The van der Waals surface area contributed by atoms with Crippen LogP contribution < -0.4 is 32.2 Å². The minimum atomic E-state index is 0.749. The number of aryl methyl sites for hydroxylation is 2. The molecule has 0 spiro atoms. The molecule has 3 rings (SSSR count). The Bertz CT molecular complexity index is 710. The van der Waals surface area contributed by atoms with E-state index in [0.717, 1.165) is 28.8 Å². The summed E-state index contributed by atoms with van der Waals surface area (Å²) < 4.78 is 8.64. The minimum absolute atomic E-state index is 0.749. The van der Waals surface area contributed by atoms with Crippen LogP contribution in [0.2, 0.25) is 0 Å². The van der Waals surface area contributed by atoms with E-state index in [1.165, 1.54) is 0 Å². The highest BCUT2D eigenvalue weighted by Gasteiger charge is 2.00. The third-order valence-electron chi connectivity index (χ3n) is 3.29. The van der Waals surface area contributed by atoms with Crippen molar-refractivity contribution >= 4 is 23.0 Å². The van der Waals surface area contributed by atoms with E-state index in [0.29, 0.717) is 0 Å². The van der Waals surface area contributed by atoms with Gasteiger partial charge in [-0.15, -0.1) is 0 Å². The summed E-state index contributed by atoms with van der Waals surface area (Å²) in [5.41, 5.74) is 24.0. The van der Waals surface area contributed by atoms with Gasteiger partial charge in [-0.3, -0.25) is 5.73 Å². The van der Waals surface area contributed by atoms with Crippen molar-refractivity contribution in [1.29, 1.82) is 0 Å². The number of nitrogen functional groups attached to an aromatic ring is 4. The molecule has 25 heavy (non-hydrogen) atoms. The Morgan fingerprint density at radius 1 is 0.800 bits per heavy atom.